The monoisotopic (exact) mass is 632 g/mol. The summed E-state index contributed by atoms with van der Waals surface area (Å²) in [5.41, 5.74) is 6.82. The van der Waals surface area contributed by atoms with Gasteiger partial charge >= 0.3 is 12.4 Å². The summed E-state index contributed by atoms with van der Waals surface area (Å²) < 4.78 is 81.8. The minimum absolute atomic E-state index is 0.105. The van der Waals surface area contributed by atoms with Gasteiger partial charge in [-0.3, -0.25) is 0 Å². The van der Waals surface area contributed by atoms with E-state index >= 15 is 0 Å². The van der Waals surface area contributed by atoms with Gasteiger partial charge in [-0.05, 0) is 59.4 Å². The summed E-state index contributed by atoms with van der Waals surface area (Å²) in [4.78, 5) is 0. The standard InChI is InChI=1S/C38H34F6Si/c1-23-19-33-29(25-11-9-13-27(21-25)37(39,40)41)15-5-7-17-31(33)35(23)45(3,4)36-24(2)20-34-30(16-6-8-18-32(34)36)26-12-10-14-28(22-26)38(42,43)44/h5-22,29-30,35-36H,1-4H3. The molecule has 45 heavy (non-hydrogen) atoms. The molecule has 7 heteroatoms. The summed E-state index contributed by atoms with van der Waals surface area (Å²) in [6.07, 6.45) is 11.4. The molecule has 0 aliphatic heterocycles. The van der Waals surface area contributed by atoms with Crippen LogP contribution in [0.25, 0.3) is 0 Å². The second-order valence-electron chi connectivity index (χ2n) is 13.0. The van der Waals surface area contributed by atoms with Gasteiger partial charge in [0.25, 0.3) is 0 Å². The maximum atomic E-state index is 13.6. The molecule has 4 atom stereocenters. The van der Waals surface area contributed by atoms with Crippen molar-refractivity contribution in [2.45, 2.75) is 62.2 Å². The third-order valence-electron chi connectivity index (χ3n) is 9.65. The normalized spacial score (nSPS) is 24.8. The maximum Gasteiger partial charge on any atom is 0.416 e. The van der Waals surface area contributed by atoms with E-state index in [9.17, 15) is 26.3 Å². The second kappa shape index (κ2) is 11.2. The van der Waals surface area contributed by atoms with Crippen LogP contribution in [-0.4, -0.2) is 8.07 Å². The van der Waals surface area contributed by atoms with Crippen molar-refractivity contribution in [3.63, 3.8) is 0 Å². The Bertz CT molecular complexity index is 1650. The Morgan fingerprint density at radius 3 is 1.33 bits per heavy atom. The highest BCUT2D eigenvalue weighted by Gasteiger charge is 2.48. The van der Waals surface area contributed by atoms with Gasteiger partial charge in [-0.2, -0.15) is 26.3 Å². The first-order chi connectivity index (χ1) is 21.2. The molecule has 4 aliphatic carbocycles. The van der Waals surface area contributed by atoms with Crippen molar-refractivity contribution in [1.82, 2.24) is 0 Å². The molecule has 0 N–H and O–H groups in total. The third-order valence-corrected chi connectivity index (χ3v) is 14.2. The van der Waals surface area contributed by atoms with E-state index in [0.29, 0.717) is 11.1 Å². The number of benzene rings is 2. The number of alkyl halides is 6. The fourth-order valence-corrected chi connectivity index (χ4v) is 13.0. The Hall–Kier alpha value is -3.84. The molecule has 0 spiro atoms. The molecule has 4 aliphatic rings. The average Bonchev–Trinajstić information content (AvgIpc) is 3.30. The minimum atomic E-state index is -4.43. The van der Waals surface area contributed by atoms with E-state index in [0.717, 1.165) is 34.4 Å². The molecule has 0 amide bonds. The van der Waals surface area contributed by atoms with Gasteiger partial charge in [0.05, 0.1) is 19.2 Å². The van der Waals surface area contributed by atoms with Crippen molar-refractivity contribution in [2.24, 2.45) is 0 Å². The molecule has 4 unspecified atom stereocenters. The molecule has 0 saturated carbocycles. The van der Waals surface area contributed by atoms with E-state index in [1.165, 1.54) is 35.4 Å². The van der Waals surface area contributed by atoms with E-state index in [1.54, 1.807) is 12.1 Å². The van der Waals surface area contributed by atoms with Crippen LogP contribution in [0.4, 0.5) is 26.3 Å². The topological polar surface area (TPSA) is 0 Å². The Morgan fingerprint density at radius 2 is 0.956 bits per heavy atom. The lowest BCUT2D eigenvalue weighted by Gasteiger charge is -2.40. The van der Waals surface area contributed by atoms with Gasteiger partial charge in [-0.15, -0.1) is 0 Å². The van der Waals surface area contributed by atoms with Crippen LogP contribution in [0.2, 0.25) is 24.2 Å². The summed E-state index contributed by atoms with van der Waals surface area (Å²) >= 11 is 0. The first-order valence-corrected chi connectivity index (χ1v) is 18.2. The first-order valence-electron chi connectivity index (χ1n) is 15.1. The number of halogens is 6. The molecule has 6 rings (SSSR count). The Morgan fingerprint density at radius 1 is 0.556 bits per heavy atom. The van der Waals surface area contributed by atoms with Crippen molar-refractivity contribution in [2.75, 3.05) is 0 Å². The molecule has 0 aromatic heterocycles. The lowest BCUT2D eigenvalue weighted by atomic mass is 9.88. The quantitative estimate of drug-likeness (QED) is 0.232. The van der Waals surface area contributed by atoms with Gasteiger partial charge in [-0.1, -0.05) is 121 Å². The summed E-state index contributed by atoms with van der Waals surface area (Å²) in [7, 11) is -2.34. The van der Waals surface area contributed by atoms with E-state index in [1.807, 2.05) is 36.5 Å². The highest BCUT2D eigenvalue weighted by molar-refractivity contribution is 6.83. The highest BCUT2D eigenvalue weighted by atomic mass is 28.3. The maximum absolute atomic E-state index is 13.6. The van der Waals surface area contributed by atoms with Crippen LogP contribution in [0, 0.1) is 0 Å². The second-order valence-corrected chi connectivity index (χ2v) is 17.8. The molecule has 232 valence electrons. The van der Waals surface area contributed by atoms with Crippen molar-refractivity contribution < 1.29 is 26.3 Å². The van der Waals surface area contributed by atoms with Crippen molar-refractivity contribution in [3.05, 3.63) is 165 Å². The fraction of sp³-hybridized carbons (Fsp3) is 0.263. The summed E-state index contributed by atoms with van der Waals surface area (Å²) in [5.74, 6) is -0.631. The summed E-state index contributed by atoms with van der Waals surface area (Å²) in [6.45, 7) is 8.96. The van der Waals surface area contributed by atoms with E-state index in [-0.39, 0.29) is 22.9 Å². The van der Waals surface area contributed by atoms with Crippen LogP contribution in [0.3, 0.4) is 0 Å². The SMILES string of the molecule is CC1=CC2=C(C=CC=CC2c2cccc(C(F)(F)F)c2)C1[Si](C)(C)C1C(C)=CC2=C1C=CC=CC2c1cccc(C(F)(F)F)c1. The van der Waals surface area contributed by atoms with Crippen LogP contribution < -0.4 is 0 Å². The molecule has 0 heterocycles. The van der Waals surface area contributed by atoms with Crippen LogP contribution >= 0.6 is 0 Å². The molecule has 0 bridgehead atoms. The van der Waals surface area contributed by atoms with Gasteiger partial charge in [0, 0.05) is 22.9 Å². The molecular weight excluding hydrogens is 598 g/mol. The number of allylic oxidation sites excluding steroid dienone is 16. The zero-order chi connectivity index (χ0) is 32.3. The largest absolute Gasteiger partial charge is 0.416 e. The number of hydrogen-bond donors (Lipinski definition) is 0. The molecule has 0 nitrogen and oxygen atoms in total. The Kier molecular flexibility index (Phi) is 7.75. The smallest absolute Gasteiger partial charge is 0.166 e. The predicted molar refractivity (Wildman–Crippen MR) is 171 cm³/mol. The van der Waals surface area contributed by atoms with Crippen LogP contribution in [0.1, 0.15) is 47.9 Å². The molecule has 0 radical (unpaired) electrons. The summed E-state index contributed by atoms with van der Waals surface area (Å²) in [5, 5.41) is 0. The van der Waals surface area contributed by atoms with Crippen LogP contribution in [-0.2, 0) is 12.4 Å². The lowest BCUT2D eigenvalue weighted by molar-refractivity contribution is -0.138. The predicted octanol–water partition coefficient (Wildman–Crippen LogP) is 11.8. The first kappa shape index (κ1) is 31.2. The molecular formula is C38H34F6Si. The summed E-state index contributed by atoms with van der Waals surface area (Å²) in [6, 6.07) is 11.2. The van der Waals surface area contributed by atoms with Gasteiger partial charge < -0.3 is 0 Å². The van der Waals surface area contributed by atoms with Gasteiger partial charge in [0.15, 0.2) is 0 Å². The lowest BCUT2D eigenvalue weighted by Crippen LogP contribution is -2.39. The molecule has 0 saturated heterocycles. The zero-order valence-electron chi connectivity index (χ0n) is 25.5. The van der Waals surface area contributed by atoms with Crippen LogP contribution in [0.5, 0.6) is 0 Å². The number of rotatable bonds is 4. The van der Waals surface area contributed by atoms with Crippen molar-refractivity contribution in [1.29, 1.82) is 0 Å². The van der Waals surface area contributed by atoms with Gasteiger partial charge in [0.2, 0.25) is 0 Å². The van der Waals surface area contributed by atoms with E-state index < -0.39 is 31.6 Å². The molecule has 2 aromatic carbocycles. The van der Waals surface area contributed by atoms with Crippen LogP contribution in [0.15, 0.2) is 143 Å². The van der Waals surface area contributed by atoms with E-state index in [2.05, 4.69) is 51.2 Å². The molecule has 0 fully saturated rings. The zero-order valence-corrected chi connectivity index (χ0v) is 26.5. The Balaban J connectivity index is 1.41. The number of hydrogen-bond acceptors (Lipinski definition) is 0. The van der Waals surface area contributed by atoms with Gasteiger partial charge in [-0.25, -0.2) is 0 Å². The van der Waals surface area contributed by atoms with E-state index in [4.69, 9.17) is 0 Å². The highest BCUT2D eigenvalue weighted by Crippen LogP contribution is 2.58. The fourth-order valence-electron chi connectivity index (χ4n) is 7.99. The van der Waals surface area contributed by atoms with Gasteiger partial charge in [0.1, 0.15) is 0 Å². The third kappa shape index (κ3) is 5.60. The van der Waals surface area contributed by atoms with Crippen molar-refractivity contribution >= 4 is 8.07 Å². The minimum Gasteiger partial charge on any atom is -0.166 e. The van der Waals surface area contributed by atoms with Crippen molar-refractivity contribution in [3.8, 4) is 0 Å². The Labute approximate surface area is 261 Å². The molecule has 2 aromatic rings. The average molecular weight is 633 g/mol.